The van der Waals surface area contributed by atoms with Crippen molar-refractivity contribution in [2.75, 3.05) is 27.2 Å². The van der Waals surface area contributed by atoms with Crippen LogP contribution in [-0.2, 0) is 4.74 Å². The van der Waals surface area contributed by atoms with Crippen LogP contribution in [0, 0.1) is 5.41 Å². The van der Waals surface area contributed by atoms with Crippen molar-refractivity contribution in [1.29, 1.82) is 0 Å². The minimum atomic E-state index is -0.0550. The molecule has 0 fully saturated rings. The second-order valence-corrected chi connectivity index (χ2v) is 6.30. The Bertz CT molecular complexity index is 180. The third-order valence-corrected chi connectivity index (χ3v) is 3.32. The van der Waals surface area contributed by atoms with Crippen molar-refractivity contribution >= 4 is 0 Å². The molecule has 0 amide bonds. The van der Waals surface area contributed by atoms with Crippen LogP contribution < -0.4 is 5.73 Å². The van der Waals surface area contributed by atoms with E-state index in [9.17, 15) is 0 Å². The van der Waals surface area contributed by atoms with Crippen molar-refractivity contribution in [3.8, 4) is 0 Å². The van der Waals surface area contributed by atoms with Crippen molar-refractivity contribution in [1.82, 2.24) is 4.90 Å². The minimum Gasteiger partial charge on any atom is -0.379 e. The van der Waals surface area contributed by atoms with E-state index in [-0.39, 0.29) is 11.0 Å². The average Bonchev–Trinajstić information content (AvgIpc) is 2.16. The van der Waals surface area contributed by atoms with Crippen LogP contribution in [0.3, 0.4) is 0 Å². The fourth-order valence-corrected chi connectivity index (χ4v) is 1.85. The maximum Gasteiger partial charge on any atom is 0.0637 e. The first-order valence-corrected chi connectivity index (χ1v) is 6.09. The van der Waals surface area contributed by atoms with Gasteiger partial charge < -0.3 is 15.4 Å². The average molecular weight is 230 g/mol. The van der Waals surface area contributed by atoms with Gasteiger partial charge in [0.15, 0.2) is 0 Å². The SMILES string of the molecule is COC(C)(C)CC(C)N(C)CC(C)(C)CN. The summed E-state index contributed by atoms with van der Waals surface area (Å²) < 4.78 is 5.46. The number of nitrogens with zero attached hydrogens (tertiary/aromatic N) is 1. The van der Waals surface area contributed by atoms with E-state index >= 15 is 0 Å². The van der Waals surface area contributed by atoms with Gasteiger partial charge in [-0.15, -0.1) is 0 Å². The zero-order valence-electron chi connectivity index (χ0n) is 12.1. The number of hydrogen-bond acceptors (Lipinski definition) is 3. The first kappa shape index (κ1) is 15.9. The normalized spacial score (nSPS) is 15.6. The Morgan fingerprint density at radius 2 is 1.75 bits per heavy atom. The zero-order chi connectivity index (χ0) is 13.0. The van der Waals surface area contributed by atoms with Crippen LogP contribution in [-0.4, -0.2) is 43.8 Å². The van der Waals surface area contributed by atoms with Gasteiger partial charge in [0.1, 0.15) is 0 Å². The molecule has 0 aromatic carbocycles. The predicted molar refractivity (Wildman–Crippen MR) is 70.6 cm³/mol. The Balaban J connectivity index is 4.24. The van der Waals surface area contributed by atoms with Crippen LogP contribution in [0.1, 0.15) is 41.0 Å². The van der Waals surface area contributed by atoms with E-state index in [1.807, 2.05) is 0 Å². The molecule has 0 bridgehead atoms. The van der Waals surface area contributed by atoms with E-state index in [0.717, 1.165) is 19.5 Å². The molecule has 0 rings (SSSR count). The molecular weight excluding hydrogens is 200 g/mol. The molecule has 0 aliphatic heterocycles. The third kappa shape index (κ3) is 5.83. The van der Waals surface area contributed by atoms with E-state index in [1.165, 1.54) is 0 Å². The number of methoxy groups -OCH3 is 1. The number of nitrogens with two attached hydrogens (primary N) is 1. The molecule has 0 aliphatic carbocycles. The van der Waals surface area contributed by atoms with Crippen molar-refractivity contribution in [3.63, 3.8) is 0 Å². The van der Waals surface area contributed by atoms with E-state index < -0.39 is 0 Å². The second-order valence-electron chi connectivity index (χ2n) is 6.30. The molecule has 98 valence electrons. The summed E-state index contributed by atoms with van der Waals surface area (Å²) in [7, 11) is 3.93. The van der Waals surface area contributed by atoms with Crippen molar-refractivity contribution in [2.45, 2.75) is 52.7 Å². The molecule has 16 heavy (non-hydrogen) atoms. The third-order valence-electron chi connectivity index (χ3n) is 3.32. The molecule has 0 aromatic heterocycles. The van der Waals surface area contributed by atoms with Gasteiger partial charge in [-0.3, -0.25) is 0 Å². The molecule has 1 unspecified atom stereocenters. The van der Waals surface area contributed by atoms with Crippen LogP contribution in [0.2, 0.25) is 0 Å². The lowest BCUT2D eigenvalue weighted by atomic mass is 9.91. The fourth-order valence-electron chi connectivity index (χ4n) is 1.85. The standard InChI is InChI=1S/C13H30N2O/c1-11(8-13(4,5)16-7)15(6)10-12(2,3)9-14/h11H,8-10,14H2,1-7H3. The largest absolute Gasteiger partial charge is 0.379 e. The lowest BCUT2D eigenvalue weighted by Crippen LogP contribution is -2.43. The topological polar surface area (TPSA) is 38.5 Å². The van der Waals surface area contributed by atoms with Gasteiger partial charge in [-0.1, -0.05) is 13.8 Å². The van der Waals surface area contributed by atoms with Crippen LogP contribution in [0.15, 0.2) is 0 Å². The molecule has 1 atom stereocenters. The highest BCUT2D eigenvalue weighted by Crippen LogP contribution is 2.21. The Morgan fingerprint density at radius 3 is 2.12 bits per heavy atom. The molecule has 0 aromatic rings. The van der Waals surface area contributed by atoms with Crippen LogP contribution in [0.4, 0.5) is 0 Å². The van der Waals surface area contributed by atoms with Crippen molar-refractivity contribution in [2.24, 2.45) is 11.1 Å². The van der Waals surface area contributed by atoms with Gasteiger partial charge in [-0.05, 0) is 46.2 Å². The lowest BCUT2D eigenvalue weighted by Gasteiger charge is -2.36. The molecule has 0 heterocycles. The minimum absolute atomic E-state index is 0.0550. The summed E-state index contributed by atoms with van der Waals surface area (Å²) in [5.74, 6) is 0. The van der Waals surface area contributed by atoms with E-state index in [2.05, 4.69) is 46.6 Å². The van der Waals surface area contributed by atoms with Gasteiger partial charge in [0, 0.05) is 19.7 Å². The van der Waals surface area contributed by atoms with Crippen LogP contribution in [0.25, 0.3) is 0 Å². The van der Waals surface area contributed by atoms with Crippen LogP contribution in [0.5, 0.6) is 0 Å². The number of ether oxygens (including phenoxy) is 1. The van der Waals surface area contributed by atoms with Crippen molar-refractivity contribution in [3.05, 3.63) is 0 Å². The summed E-state index contributed by atoms with van der Waals surface area (Å²) in [6.45, 7) is 12.7. The number of hydrogen-bond donors (Lipinski definition) is 1. The molecule has 0 aliphatic rings. The Kier molecular flexibility index (Phi) is 5.94. The van der Waals surface area contributed by atoms with Gasteiger partial charge >= 0.3 is 0 Å². The molecular formula is C13H30N2O. The second kappa shape index (κ2) is 5.99. The van der Waals surface area contributed by atoms with E-state index in [1.54, 1.807) is 7.11 Å². The Morgan fingerprint density at radius 1 is 1.25 bits per heavy atom. The van der Waals surface area contributed by atoms with Gasteiger partial charge in [0.25, 0.3) is 0 Å². The van der Waals surface area contributed by atoms with Gasteiger partial charge in [0.05, 0.1) is 5.60 Å². The summed E-state index contributed by atoms with van der Waals surface area (Å²) in [6.07, 6.45) is 1.03. The quantitative estimate of drug-likeness (QED) is 0.728. The summed E-state index contributed by atoms with van der Waals surface area (Å²) in [6, 6.07) is 0.501. The maximum absolute atomic E-state index is 5.76. The highest BCUT2D eigenvalue weighted by atomic mass is 16.5. The first-order chi connectivity index (χ1) is 7.13. The highest BCUT2D eigenvalue weighted by molar-refractivity contribution is 4.80. The molecule has 0 spiro atoms. The zero-order valence-corrected chi connectivity index (χ0v) is 12.1. The van der Waals surface area contributed by atoms with Gasteiger partial charge in [-0.25, -0.2) is 0 Å². The van der Waals surface area contributed by atoms with Gasteiger partial charge in [0.2, 0.25) is 0 Å². The monoisotopic (exact) mass is 230 g/mol. The molecule has 0 saturated carbocycles. The molecule has 3 nitrogen and oxygen atoms in total. The van der Waals surface area contributed by atoms with E-state index in [0.29, 0.717) is 6.04 Å². The van der Waals surface area contributed by atoms with Gasteiger partial charge in [-0.2, -0.15) is 0 Å². The lowest BCUT2D eigenvalue weighted by molar-refractivity contribution is -0.00643. The van der Waals surface area contributed by atoms with Crippen LogP contribution >= 0.6 is 0 Å². The fraction of sp³-hybridized carbons (Fsp3) is 1.00. The first-order valence-electron chi connectivity index (χ1n) is 6.09. The smallest absolute Gasteiger partial charge is 0.0637 e. The molecule has 0 radical (unpaired) electrons. The molecule has 0 saturated heterocycles. The maximum atomic E-state index is 5.76. The number of rotatable bonds is 7. The Hall–Kier alpha value is -0.120. The Labute approximate surface area is 101 Å². The highest BCUT2D eigenvalue weighted by Gasteiger charge is 2.25. The van der Waals surface area contributed by atoms with E-state index in [4.69, 9.17) is 10.5 Å². The molecule has 2 N–H and O–H groups in total. The summed E-state index contributed by atoms with van der Waals surface area (Å²) in [5, 5.41) is 0. The summed E-state index contributed by atoms with van der Waals surface area (Å²) >= 11 is 0. The van der Waals surface area contributed by atoms with Crippen molar-refractivity contribution < 1.29 is 4.74 Å². The summed E-state index contributed by atoms with van der Waals surface area (Å²) in [4.78, 5) is 2.37. The summed E-state index contributed by atoms with van der Waals surface area (Å²) in [5.41, 5.74) is 5.88. The predicted octanol–water partition coefficient (Wildman–Crippen LogP) is 2.11. The molecule has 3 heteroatoms.